The number of sulfonamides is 1. The molecule has 0 aliphatic rings. The monoisotopic (exact) mass is 286 g/mol. The van der Waals surface area contributed by atoms with Crippen LogP contribution in [-0.2, 0) is 14.8 Å². The Kier molecular flexibility index (Phi) is 4.73. The van der Waals surface area contributed by atoms with E-state index in [-0.39, 0.29) is 11.4 Å². The van der Waals surface area contributed by atoms with E-state index in [0.29, 0.717) is 11.4 Å². The summed E-state index contributed by atoms with van der Waals surface area (Å²) < 4.78 is 26.1. The lowest BCUT2D eigenvalue weighted by atomic mass is 10.2. The van der Waals surface area contributed by atoms with Crippen LogP contribution in [0, 0.1) is 0 Å². The second-order valence-corrected chi connectivity index (χ2v) is 5.79. The van der Waals surface area contributed by atoms with Crippen LogP contribution in [0.1, 0.15) is 13.8 Å². The molecule has 0 saturated carbocycles. The van der Waals surface area contributed by atoms with Gasteiger partial charge in [-0.15, -0.1) is 0 Å². The van der Waals surface area contributed by atoms with Crippen LogP contribution in [0.2, 0.25) is 0 Å². The maximum Gasteiger partial charge on any atom is 0.240 e. The first kappa shape index (κ1) is 15.3. The molecule has 0 fully saturated rings. The summed E-state index contributed by atoms with van der Waals surface area (Å²) in [5, 5.41) is 2.77. The summed E-state index contributed by atoms with van der Waals surface area (Å²) >= 11 is 0. The molecule has 1 atom stereocenters. The predicted molar refractivity (Wildman–Crippen MR) is 74.0 cm³/mol. The Labute approximate surface area is 112 Å². The number of carbonyl (C=O) groups is 1. The topological polar surface area (TPSA) is 127 Å². The Bertz CT molecular complexity index is 571. The molecule has 0 saturated heterocycles. The van der Waals surface area contributed by atoms with Crippen molar-refractivity contribution in [3.8, 4) is 0 Å². The number of nitrogens with two attached hydrogens (primary N) is 2. The second-order valence-electron chi connectivity index (χ2n) is 4.02. The molecule has 0 aromatic heterocycles. The van der Waals surface area contributed by atoms with Crippen LogP contribution in [0.25, 0.3) is 0 Å². The minimum Gasteiger partial charge on any atom is -0.397 e. The number of benzene rings is 1. The highest BCUT2D eigenvalue weighted by atomic mass is 32.2. The van der Waals surface area contributed by atoms with Crippen molar-refractivity contribution < 1.29 is 13.2 Å². The largest absolute Gasteiger partial charge is 0.397 e. The Morgan fingerprint density at radius 1 is 1.42 bits per heavy atom. The van der Waals surface area contributed by atoms with Gasteiger partial charge in [-0.2, -0.15) is 0 Å². The van der Waals surface area contributed by atoms with Crippen LogP contribution in [0.3, 0.4) is 0 Å². The summed E-state index contributed by atoms with van der Waals surface area (Å²) in [7, 11) is -3.57. The van der Waals surface area contributed by atoms with Gasteiger partial charge in [0.2, 0.25) is 15.9 Å². The molecule has 0 spiro atoms. The van der Waals surface area contributed by atoms with Crippen molar-refractivity contribution in [2.45, 2.75) is 24.8 Å². The standard InChI is InChI=1S/C11H18N4O3S/c1-3-14-19(17,18)8-4-5-9(12)10(6-8)15-7(2)11(13)16/h4-7,14-15H,3,12H2,1-2H3,(H2,13,16). The zero-order valence-electron chi connectivity index (χ0n) is 10.8. The molecule has 1 aromatic carbocycles. The van der Waals surface area contributed by atoms with E-state index in [9.17, 15) is 13.2 Å². The van der Waals surface area contributed by atoms with E-state index in [0.717, 1.165) is 0 Å². The summed E-state index contributed by atoms with van der Waals surface area (Å²) in [5.74, 6) is -0.556. The summed E-state index contributed by atoms with van der Waals surface area (Å²) in [5.41, 5.74) is 11.5. The fourth-order valence-electron chi connectivity index (χ4n) is 1.41. The summed E-state index contributed by atoms with van der Waals surface area (Å²) in [4.78, 5) is 11.1. The number of primary amides is 1. The molecule has 106 valence electrons. The molecule has 0 aliphatic carbocycles. The van der Waals surface area contributed by atoms with E-state index in [1.807, 2.05) is 0 Å². The molecule has 8 heteroatoms. The van der Waals surface area contributed by atoms with E-state index >= 15 is 0 Å². The van der Waals surface area contributed by atoms with E-state index in [4.69, 9.17) is 11.5 Å². The molecule has 6 N–H and O–H groups in total. The van der Waals surface area contributed by atoms with Gasteiger partial charge in [-0.05, 0) is 25.1 Å². The third kappa shape index (κ3) is 3.83. The van der Waals surface area contributed by atoms with E-state index < -0.39 is 22.0 Å². The fourth-order valence-corrected chi connectivity index (χ4v) is 2.47. The molecule has 0 bridgehead atoms. The number of nitrogen functional groups attached to an aromatic ring is 1. The van der Waals surface area contributed by atoms with Gasteiger partial charge in [-0.3, -0.25) is 4.79 Å². The molecule has 0 aliphatic heterocycles. The van der Waals surface area contributed by atoms with Crippen LogP contribution < -0.4 is 21.5 Å². The molecule has 0 radical (unpaired) electrons. The molecular weight excluding hydrogens is 268 g/mol. The van der Waals surface area contributed by atoms with Gasteiger partial charge in [-0.1, -0.05) is 6.92 Å². The number of carbonyl (C=O) groups excluding carboxylic acids is 1. The van der Waals surface area contributed by atoms with Crippen molar-refractivity contribution in [3.05, 3.63) is 18.2 Å². The van der Waals surface area contributed by atoms with Crippen molar-refractivity contribution in [1.82, 2.24) is 4.72 Å². The first-order valence-corrected chi connectivity index (χ1v) is 7.21. The zero-order valence-corrected chi connectivity index (χ0v) is 11.6. The van der Waals surface area contributed by atoms with E-state index in [2.05, 4.69) is 10.0 Å². The molecule has 1 aromatic rings. The average Bonchev–Trinajstić information content (AvgIpc) is 2.31. The molecular formula is C11H18N4O3S. The number of rotatable bonds is 6. The van der Waals surface area contributed by atoms with Gasteiger partial charge < -0.3 is 16.8 Å². The van der Waals surface area contributed by atoms with Crippen molar-refractivity contribution in [2.24, 2.45) is 5.73 Å². The minimum absolute atomic E-state index is 0.0720. The SMILES string of the molecule is CCNS(=O)(=O)c1ccc(N)c(NC(C)C(N)=O)c1. The molecule has 7 nitrogen and oxygen atoms in total. The lowest BCUT2D eigenvalue weighted by molar-refractivity contribution is -0.118. The Morgan fingerprint density at radius 2 is 2.05 bits per heavy atom. The number of nitrogens with one attached hydrogen (secondary N) is 2. The Morgan fingerprint density at radius 3 is 2.58 bits per heavy atom. The molecule has 1 rings (SSSR count). The van der Waals surface area contributed by atoms with Crippen LogP contribution >= 0.6 is 0 Å². The van der Waals surface area contributed by atoms with Gasteiger partial charge in [0, 0.05) is 6.54 Å². The molecule has 1 amide bonds. The van der Waals surface area contributed by atoms with Gasteiger partial charge in [0.25, 0.3) is 0 Å². The van der Waals surface area contributed by atoms with Gasteiger partial charge in [0.05, 0.1) is 16.3 Å². The van der Waals surface area contributed by atoms with Crippen LogP contribution in [0.5, 0.6) is 0 Å². The van der Waals surface area contributed by atoms with Gasteiger partial charge in [0.1, 0.15) is 6.04 Å². The summed E-state index contributed by atoms with van der Waals surface area (Å²) in [6, 6.07) is 3.57. The van der Waals surface area contributed by atoms with Crippen LogP contribution in [-0.4, -0.2) is 26.9 Å². The number of hydrogen-bond donors (Lipinski definition) is 4. The molecule has 0 heterocycles. The highest BCUT2D eigenvalue weighted by Gasteiger charge is 2.16. The number of amides is 1. The normalized spacial score (nSPS) is 12.9. The van der Waals surface area contributed by atoms with Crippen molar-refractivity contribution in [3.63, 3.8) is 0 Å². The van der Waals surface area contributed by atoms with E-state index in [1.165, 1.54) is 18.2 Å². The number of anilines is 2. The highest BCUT2D eigenvalue weighted by Crippen LogP contribution is 2.23. The van der Waals surface area contributed by atoms with E-state index in [1.54, 1.807) is 13.8 Å². The quantitative estimate of drug-likeness (QED) is 0.541. The number of hydrogen-bond acceptors (Lipinski definition) is 5. The fraction of sp³-hybridized carbons (Fsp3) is 0.364. The summed E-state index contributed by atoms with van der Waals surface area (Å²) in [6.45, 7) is 3.53. The first-order valence-electron chi connectivity index (χ1n) is 5.73. The van der Waals surface area contributed by atoms with Crippen molar-refractivity contribution in [1.29, 1.82) is 0 Å². The molecule has 1 unspecified atom stereocenters. The Hall–Kier alpha value is -1.80. The lowest BCUT2D eigenvalue weighted by Crippen LogP contribution is -2.32. The van der Waals surface area contributed by atoms with Crippen LogP contribution in [0.15, 0.2) is 23.1 Å². The van der Waals surface area contributed by atoms with Crippen molar-refractivity contribution >= 4 is 27.3 Å². The smallest absolute Gasteiger partial charge is 0.240 e. The maximum atomic E-state index is 11.8. The first-order chi connectivity index (χ1) is 8.77. The molecule has 19 heavy (non-hydrogen) atoms. The third-order valence-corrected chi connectivity index (χ3v) is 4.01. The Balaban J connectivity index is 3.11. The summed E-state index contributed by atoms with van der Waals surface area (Å²) in [6.07, 6.45) is 0. The zero-order chi connectivity index (χ0) is 14.6. The second kappa shape index (κ2) is 5.89. The van der Waals surface area contributed by atoms with Gasteiger partial charge >= 0.3 is 0 Å². The predicted octanol–water partition coefficient (Wildman–Crippen LogP) is -0.147. The third-order valence-electron chi connectivity index (χ3n) is 2.47. The highest BCUT2D eigenvalue weighted by molar-refractivity contribution is 7.89. The average molecular weight is 286 g/mol. The van der Waals surface area contributed by atoms with Crippen molar-refractivity contribution in [2.75, 3.05) is 17.6 Å². The van der Waals surface area contributed by atoms with Gasteiger partial charge in [-0.25, -0.2) is 13.1 Å². The van der Waals surface area contributed by atoms with Crippen LogP contribution in [0.4, 0.5) is 11.4 Å². The van der Waals surface area contributed by atoms with Gasteiger partial charge in [0.15, 0.2) is 0 Å². The lowest BCUT2D eigenvalue weighted by Gasteiger charge is -2.15. The minimum atomic E-state index is -3.57. The maximum absolute atomic E-state index is 11.8.